The standard InChI is InChI=1S/C15H11BrN2O/c16-10-4-5-12-13(8-18-14(12)7-10)15(19)9-2-1-3-11(17)6-9/h1-8,18H,17H2. The van der Waals surface area contributed by atoms with Crippen molar-refractivity contribution in [2.24, 2.45) is 0 Å². The van der Waals surface area contributed by atoms with Crippen molar-refractivity contribution >= 4 is 38.3 Å². The second-order valence-corrected chi connectivity index (χ2v) is 5.26. The van der Waals surface area contributed by atoms with Crippen molar-refractivity contribution in [3.8, 4) is 0 Å². The maximum Gasteiger partial charge on any atom is 0.195 e. The summed E-state index contributed by atoms with van der Waals surface area (Å²) in [7, 11) is 0. The lowest BCUT2D eigenvalue weighted by Crippen LogP contribution is -2.01. The number of H-pyrrole nitrogens is 1. The van der Waals surface area contributed by atoms with Crippen LogP contribution in [0.2, 0.25) is 0 Å². The fraction of sp³-hybridized carbons (Fsp3) is 0. The van der Waals surface area contributed by atoms with Crippen LogP contribution in [0.3, 0.4) is 0 Å². The third kappa shape index (κ3) is 2.15. The van der Waals surface area contributed by atoms with Gasteiger partial charge in [0.15, 0.2) is 5.78 Å². The first kappa shape index (κ1) is 12.0. The van der Waals surface area contributed by atoms with Gasteiger partial charge in [-0.1, -0.05) is 34.1 Å². The Labute approximate surface area is 118 Å². The number of ketones is 1. The summed E-state index contributed by atoms with van der Waals surface area (Å²) in [6.45, 7) is 0. The van der Waals surface area contributed by atoms with Crippen molar-refractivity contribution in [1.82, 2.24) is 4.98 Å². The average Bonchev–Trinajstić information content (AvgIpc) is 2.80. The first-order chi connectivity index (χ1) is 9.15. The lowest BCUT2D eigenvalue weighted by molar-refractivity contribution is 0.104. The number of carbonyl (C=O) groups is 1. The summed E-state index contributed by atoms with van der Waals surface area (Å²) in [5.41, 5.74) is 8.50. The van der Waals surface area contributed by atoms with Crippen LogP contribution >= 0.6 is 15.9 Å². The maximum absolute atomic E-state index is 12.5. The molecule has 4 heteroatoms. The second kappa shape index (κ2) is 4.55. The Kier molecular flexibility index (Phi) is 2.87. The van der Waals surface area contributed by atoms with Crippen molar-refractivity contribution < 1.29 is 4.79 Å². The van der Waals surface area contributed by atoms with Crippen LogP contribution in [0.5, 0.6) is 0 Å². The van der Waals surface area contributed by atoms with Crippen LogP contribution in [0, 0.1) is 0 Å². The Bertz CT molecular complexity index is 777. The molecule has 3 nitrogen and oxygen atoms in total. The highest BCUT2D eigenvalue weighted by Crippen LogP contribution is 2.24. The number of aromatic amines is 1. The van der Waals surface area contributed by atoms with Gasteiger partial charge in [-0.05, 0) is 24.3 Å². The number of benzene rings is 2. The predicted octanol–water partition coefficient (Wildman–Crippen LogP) is 3.74. The van der Waals surface area contributed by atoms with Crippen molar-refractivity contribution in [2.45, 2.75) is 0 Å². The van der Waals surface area contributed by atoms with Crippen LogP contribution in [-0.4, -0.2) is 10.8 Å². The molecular formula is C15H11BrN2O. The molecule has 94 valence electrons. The fourth-order valence-electron chi connectivity index (χ4n) is 2.12. The molecule has 1 aromatic heterocycles. The number of hydrogen-bond donors (Lipinski definition) is 2. The summed E-state index contributed by atoms with van der Waals surface area (Å²) in [6.07, 6.45) is 1.74. The molecular weight excluding hydrogens is 304 g/mol. The van der Waals surface area contributed by atoms with Gasteiger partial charge in [-0.2, -0.15) is 0 Å². The minimum absolute atomic E-state index is 0.0270. The molecule has 19 heavy (non-hydrogen) atoms. The van der Waals surface area contributed by atoms with E-state index in [1.165, 1.54) is 0 Å². The molecule has 0 saturated carbocycles. The molecule has 0 bridgehead atoms. The maximum atomic E-state index is 12.5. The number of nitrogens with one attached hydrogen (secondary N) is 1. The van der Waals surface area contributed by atoms with E-state index < -0.39 is 0 Å². The van der Waals surface area contributed by atoms with Crippen LogP contribution in [-0.2, 0) is 0 Å². The first-order valence-corrected chi connectivity index (χ1v) is 6.61. The lowest BCUT2D eigenvalue weighted by Gasteiger charge is -2.01. The highest BCUT2D eigenvalue weighted by atomic mass is 79.9. The van der Waals surface area contributed by atoms with E-state index in [1.807, 2.05) is 18.2 Å². The van der Waals surface area contributed by atoms with Crippen molar-refractivity contribution in [1.29, 1.82) is 0 Å². The Morgan fingerprint density at radius 2 is 2.00 bits per heavy atom. The normalized spacial score (nSPS) is 10.8. The third-order valence-corrected chi connectivity index (χ3v) is 3.53. The third-order valence-electron chi connectivity index (χ3n) is 3.04. The van der Waals surface area contributed by atoms with Gasteiger partial charge in [0.05, 0.1) is 0 Å². The molecule has 3 N–H and O–H groups in total. The summed E-state index contributed by atoms with van der Waals surface area (Å²) in [5, 5.41) is 0.913. The van der Waals surface area contributed by atoms with Gasteiger partial charge in [0.1, 0.15) is 0 Å². The Hall–Kier alpha value is -2.07. The quantitative estimate of drug-likeness (QED) is 0.559. The van der Waals surface area contributed by atoms with Gasteiger partial charge in [-0.15, -0.1) is 0 Å². The minimum atomic E-state index is -0.0270. The highest BCUT2D eigenvalue weighted by molar-refractivity contribution is 9.10. The van der Waals surface area contributed by atoms with E-state index in [0.29, 0.717) is 16.8 Å². The molecule has 3 aromatic rings. The molecule has 0 amide bonds. The van der Waals surface area contributed by atoms with E-state index in [4.69, 9.17) is 5.73 Å². The predicted molar refractivity (Wildman–Crippen MR) is 80.3 cm³/mol. The van der Waals surface area contributed by atoms with Crippen molar-refractivity contribution in [3.05, 3.63) is 64.3 Å². The largest absolute Gasteiger partial charge is 0.399 e. The molecule has 0 saturated heterocycles. The van der Waals surface area contributed by atoms with Crippen LogP contribution in [0.4, 0.5) is 5.69 Å². The zero-order chi connectivity index (χ0) is 13.4. The number of anilines is 1. The van der Waals surface area contributed by atoms with Gasteiger partial charge < -0.3 is 10.7 Å². The molecule has 0 aliphatic rings. The van der Waals surface area contributed by atoms with E-state index in [1.54, 1.807) is 30.5 Å². The second-order valence-electron chi connectivity index (χ2n) is 4.35. The first-order valence-electron chi connectivity index (χ1n) is 5.82. The summed E-state index contributed by atoms with van der Waals surface area (Å²) < 4.78 is 0.977. The van der Waals surface area contributed by atoms with E-state index in [-0.39, 0.29) is 5.78 Å². The van der Waals surface area contributed by atoms with Crippen LogP contribution in [0.25, 0.3) is 10.9 Å². The zero-order valence-corrected chi connectivity index (χ0v) is 11.6. The molecule has 1 heterocycles. The van der Waals surface area contributed by atoms with Gasteiger partial charge in [0.25, 0.3) is 0 Å². The van der Waals surface area contributed by atoms with E-state index in [2.05, 4.69) is 20.9 Å². The summed E-state index contributed by atoms with van der Waals surface area (Å²) in [5.74, 6) is -0.0270. The summed E-state index contributed by atoms with van der Waals surface area (Å²) in [6, 6.07) is 12.8. The molecule has 0 radical (unpaired) electrons. The number of halogens is 1. The van der Waals surface area contributed by atoms with Crippen molar-refractivity contribution in [3.63, 3.8) is 0 Å². The van der Waals surface area contributed by atoms with E-state index in [9.17, 15) is 4.79 Å². The number of hydrogen-bond acceptors (Lipinski definition) is 2. The minimum Gasteiger partial charge on any atom is -0.399 e. The van der Waals surface area contributed by atoms with Crippen LogP contribution < -0.4 is 5.73 Å². The molecule has 3 rings (SSSR count). The zero-order valence-electron chi connectivity index (χ0n) is 9.98. The molecule has 0 aliphatic heterocycles. The lowest BCUT2D eigenvalue weighted by atomic mass is 10.0. The van der Waals surface area contributed by atoms with Crippen LogP contribution in [0.1, 0.15) is 15.9 Å². The molecule has 0 spiro atoms. The smallest absolute Gasteiger partial charge is 0.195 e. The number of rotatable bonds is 2. The Morgan fingerprint density at radius 1 is 1.16 bits per heavy atom. The SMILES string of the molecule is Nc1cccc(C(=O)c2c[nH]c3cc(Br)ccc23)c1. The number of fused-ring (bicyclic) bond motifs is 1. The number of aromatic nitrogens is 1. The van der Waals surface area contributed by atoms with E-state index in [0.717, 1.165) is 15.4 Å². The topological polar surface area (TPSA) is 58.9 Å². The fourth-order valence-corrected chi connectivity index (χ4v) is 2.48. The van der Waals surface area contributed by atoms with Gasteiger partial charge in [0.2, 0.25) is 0 Å². The molecule has 0 unspecified atom stereocenters. The average molecular weight is 315 g/mol. The Balaban J connectivity index is 2.12. The molecule has 2 aromatic carbocycles. The Morgan fingerprint density at radius 3 is 2.79 bits per heavy atom. The van der Waals surface area contributed by atoms with Gasteiger partial charge in [-0.25, -0.2) is 0 Å². The van der Waals surface area contributed by atoms with Gasteiger partial charge in [0, 0.05) is 38.4 Å². The monoisotopic (exact) mass is 314 g/mol. The summed E-state index contributed by atoms with van der Waals surface area (Å²) >= 11 is 3.41. The summed E-state index contributed by atoms with van der Waals surface area (Å²) in [4.78, 5) is 15.6. The highest BCUT2D eigenvalue weighted by Gasteiger charge is 2.14. The van der Waals surface area contributed by atoms with Crippen molar-refractivity contribution in [2.75, 3.05) is 5.73 Å². The van der Waals surface area contributed by atoms with E-state index >= 15 is 0 Å². The van der Waals surface area contributed by atoms with Gasteiger partial charge in [-0.3, -0.25) is 4.79 Å². The number of carbonyl (C=O) groups excluding carboxylic acids is 1. The molecule has 0 atom stereocenters. The van der Waals surface area contributed by atoms with Gasteiger partial charge >= 0.3 is 0 Å². The number of nitrogen functional groups attached to an aromatic ring is 1. The molecule has 0 aliphatic carbocycles. The molecule has 0 fully saturated rings. The van der Waals surface area contributed by atoms with Crippen LogP contribution in [0.15, 0.2) is 53.1 Å². The number of nitrogens with two attached hydrogens (primary N) is 1.